The molecule has 2 aromatic rings. The van der Waals surface area contributed by atoms with E-state index in [1.807, 2.05) is 0 Å². The van der Waals surface area contributed by atoms with Crippen molar-refractivity contribution in [1.82, 2.24) is 9.88 Å². The Morgan fingerprint density at radius 1 is 1.24 bits per heavy atom. The molecule has 1 fully saturated rings. The number of rotatable bonds is 4. The molecule has 9 heteroatoms. The van der Waals surface area contributed by atoms with E-state index in [2.05, 4.69) is 10.3 Å². The van der Waals surface area contributed by atoms with Crippen LogP contribution in [0.2, 0.25) is 5.15 Å². The molecule has 0 bridgehead atoms. The lowest BCUT2D eigenvalue weighted by molar-refractivity contribution is 0.171. The van der Waals surface area contributed by atoms with E-state index < -0.39 is 20.4 Å². The highest BCUT2D eigenvalue weighted by molar-refractivity contribution is 7.92. The number of hydrogen-bond acceptors (Lipinski definition) is 4. The summed E-state index contributed by atoms with van der Waals surface area (Å²) in [6.45, 7) is 4.20. The number of piperidine rings is 1. The number of halogens is 2. The predicted molar refractivity (Wildman–Crippen MR) is 110 cm³/mol. The van der Waals surface area contributed by atoms with Crippen molar-refractivity contribution in [1.29, 1.82) is 0 Å². The summed E-state index contributed by atoms with van der Waals surface area (Å²) >= 11 is 5.83. The van der Waals surface area contributed by atoms with Gasteiger partial charge in [-0.25, -0.2) is 22.6 Å². The second-order valence-corrected chi connectivity index (χ2v) is 10.5. The Morgan fingerprint density at radius 2 is 1.93 bits per heavy atom. The van der Waals surface area contributed by atoms with Crippen LogP contribution in [0.5, 0.6) is 0 Å². The van der Waals surface area contributed by atoms with Crippen LogP contribution >= 0.6 is 11.6 Å². The van der Waals surface area contributed by atoms with Gasteiger partial charge in [0.25, 0.3) is 0 Å². The van der Waals surface area contributed by atoms with Gasteiger partial charge in [-0.1, -0.05) is 17.7 Å². The van der Waals surface area contributed by atoms with Crippen LogP contribution < -0.4 is 5.32 Å². The zero-order valence-electron chi connectivity index (χ0n) is 16.2. The molecule has 0 radical (unpaired) electrons. The van der Waals surface area contributed by atoms with Gasteiger partial charge in [0.1, 0.15) is 11.0 Å². The number of nitrogens with one attached hydrogen (secondary N) is 1. The highest BCUT2D eigenvalue weighted by Gasteiger charge is 2.44. The molecule has 2 heterocycles. The van der Waals surface area contributed by atoms with Gasteiger partial charge in [0.15, 0.2) is 9.84 Å². The molecule has 0 unspecified atom stereocenters. The molecule has 1 aromatic carbocycles. The number of urea groups is 1. The molecule has 2 amide bonds. The Morgan fingerprint density at radius 3 is 2.55 bits per heavy atom. The van der Waals surface area contributed by atoms with E-state index in [0.29, 0.717) is 31.6 Å². The van der Waals surface area contributed by atoms with Gasteiger partial charge < -0.3 is 10.2 Å². The van der Waals surface area contributed by atoms with Gasteiger partial charge in [0.05, 0.1) is 9.64 Å². The van der Waals surface area contributed by atoms with E-state index in [1.54, 1.807) is 30.9 Å². The second kappa shape index (κ2) is 8.28. The SMILES string of the molecule is CC(C)(C1CCN(C(=O)Nc2ccnc(Cl)c2)CC1)S(=O)(=O)c1cccc(F)c1. The minimum atomic E-state index is -3.73. The molecule has 1 aromatic heterocycles. The molecule has 0 saturated carbocycles. The first-order valence-electron chi connectivity index (χ1n) is 9.29. The first-order valence-corrected chi connectivity index (χ1v) is 11.1. The molecular weight excluding hydrogens is 417 g/mol. The molecule has 0 atom stereocenters. The molecule has 0 spiro atoms. The summed E-state index contributed by atoms with van der Waals surface area (Å²) in [5.74, 6) is -0.736. The Hall–Kier alpha value is -2.19. The molecule has 29 heavy (non-hydrogen) atoms. The fraction of sp³-hybridized carbons (Fsp3) is 0.400. The van der Waals surface area contributed by atoms with E-state index in [9.17, 15) is 17.6 Å². The van der Waals surface area contributed by atoms with Gasteiger partial charge in [-0.15, -0.1) is 0 Å². The van der Waals surface area contributed by atoms with Gasteiger partial charge in [-0.3, -0.25) is 0 Å². The number of pyridine rings is 1. The first kappa shape index (κ1) is 21.5. The maximum Gasteiger partial charge on any atom is 0.321 e. The van der Waals surface area contributed by atoms with E-state index in [1.165, 1.54) is 24.4 Å². The van der Waals surface area contributed by atoms with Gasteiger partial charge in [0, 0.05) is 25.0 Å². The van der Waals surface area contributed by atoms with Gasteiger partial charge in [-0.05, 0) is 62.9 Å². The standard InChI is InChI=1S/C20H23ClFN3O3S/c1-20(2,29(27,28)17-5-3-4-15(22)12-17)14-7-10-25(11-8-14)19(26)24-16-6-9-23-18(21)13-16/h3-6,9,12-14H,7-8,10-11H2,1-2H3,(H,23,24,26). The van der Waals surface area contributed by atoms with Crippen molar-refractivity contribution in [3.63, 3.8) is 0 Å². The number of likely N-dealkylation sites (tertiary alicyclic amines) is 1. The summed E-state index contributed by atoms with van der Waals surface area (Å²) in [5.41, 5.74) is 0.547. The summed E-state index contributed by atoms with van der Waals surface area (Å²) in [7, 11) is -3.73. The molecule has 1 aliphatic rings. The monoisotopic (exact) mass is 439 g/mol. The van der Waals surface area contributed by atoms with E-state index in [0.717, 1.165) is 6.07 Å². The molecule has 1 aliphatic heterocycles. The van der Waals surface area contributed by atoms with Crippen molar-refractivity contribution in [3.05, 3.63) is 53.6 Å². The summed E-state index contributed by atoms with van der Waals surface area (Å²) in [6, 6.07) is 8.03. The van der Waals surface area contributed by atoms with Crippen LogP contribution in [0.15, 0.2) is 47.5 Å². The lowest BCUT2D eigenvalue weighted by Crippen LogP contribution is -2.48. The predicted octanol–water partition coefficient (Wildman–Crippen LogP) is 4.37. The van der Waals surface area contributed by atoms with Crippen LogP contribution in [0.4, 0.5) is 14.9 Å². The average Bonchev–Trinajstić information content (AvgIpc) is 2.68. The molecule has 1 saturated heterocycles. The van der Waals surface area contributed by atoms with Crippen molar-refractivity contribution in [2.45, 2.75) is 36.3 Å². The lowest BCUT2D eigenvalue weighted by atomic mass is 9.86. The average molecular weight is 440 g/mol. The topological polar surface area (TPSA) is 79.4 Å². The molecule has 156 valence electrons. The maximum atomic E-state index is 13.5. The quantitative estimate of drug-likeness (QED) is 0.717. The molecular formula is C20H23ClFN3O3S. The number of amides is 2. The van der Waals surface area contributed by atoms with E-state index >= 15 is 0 Å². The number of nitrogens with zero attached hydrogens (tertiary/aromatic N) is 2. The number of hydrogen-bond donors (Lipinski definition) is 1. The number of sulfone groups is 1. The molecule has 1 N–H and O–H groups in total. The zero-order valence-corrected chi connectivity index (χ0v) is 17.8. The normalized spacial score (nSPS) is 15.9. The van der Waals surface area contributed by atoms with Crippen molar-refractivity contribution >= 4 is 33.2 Å². The van der Waals surface area contributed by atoms with Crippen molar-refractivity contribution in [2.24, 2.45) is 5.92 Å². The Bertz CT molecular complexity index is 1010. The lowest BCUT2D eigenvalue weighted by Gasteiger charge is -2.40. The molecule has 0 aliphatic carbocycles. The van der Waals surface area contributed by atoms with Crippen LogP contribution in [-0.4, -0.2) is 42.2 Å². The number of aromatic nitrogens is 1. The van der Waals surface area contributed by atoms with Gasteiger partial charge >= 0.3 is 6.03 Å². The van der Waals surface area contributed by atoms with Crippen molar-refractivity contribution in [2.75, 3.05) is 18.4 Å². The number of carbonyl (C=O) groups is 1. The van der Waals surface area contributed by atoms with Crippen LogP contribution in [0.1, 0.15) is 26.7 Å². The summed E-state index contributed by atoms with van der Waals surface area (Å²) in [5, 5.41) is 3.05. The maximum absolute atomic E-state index is 13.5. The fourth-order valence-electron chi connectivity index (χ4n) is 3.62. The zero-order chi connectivity index (χ0) is 21.2. The largest absolute Gasteiger partial charge is 0.325 e. The Kier molecular flexibility index (Phi) is 6.14. The van der Waals surface area contributed by atoms with Gasteiger partial charge in [0.2, 0.25) is 0 Å². The van der Waals surface area contributed by atoms with Gasteiger partial charge in [-0.2, -0.15) is 0 Å². The second-order valence-electron chi connectivity index (χ2n) is 7.62. The summed E-state index contributed by atoms with van der Waals surface area (Å²) in [4.78, 5) is 18.0. The number of carbonyl (C=O) groups excluding carboxylic acids is 1. The van der Waals surface area contributed by atoms with Crippen molar-refractivity contribution < 1.29 is 17.6 Å². The van der Waals surface area contributed by atoms with E-state index in [4.69, 9.17) is 11.6 Å². The number of benzene rings is 1. The molecule has 3 rings (SSSR count). The Labute approximate surface area is 175 Å². The highest BCUT2D eigenvalue weighted by atomic mass is 35.5. The third-order valence-corrected chi connectivity index (χ3v) is 8.34. The van der Waals surface area contributed by atoms with Crippen LogP contribution in [-0.2, 0) is 9.84 Å². The summed E-state index contributed by atoms with van der Waals surface area (Å²) < 4.78 is 38.7. The third-order valence-electron chi connectivity index (χ3n) is 5.54. The fourth-order valence-corrected chi connectivity index (χ4v) is 5.60. The first-order chi connectivity index (χ1) is 13.6. The third kappa shape index (κ3) is 4.53. The van der Waals surface area contributed by atoms with Crippen molar-refractivity contribution in [3.8, 4) is 0 Å². The van der Waals surface area contributed by atoms with Crippen LogP contribution in [0.3, 0.4) is 0 Å². The highest BCUT2D eigenvalue weighted by Crippen LogP contribution is 2.38. The minimum absolute atomic E-state index is 0.0164. The minimum Gasteiger partial charge on any atom is -0.325 e. The Balaban J connectivity index is 1.67. The van der Waals surface area contributed by atoms with Crippen LogP contribution in [0.25, 0.3) is 0 Å². The molecule has 6 nitrogen and oxygen atoms in total. The smallest absolute Gasteiger partial charge is 0.321 e. The van der Waals surface area contributed by atoms with E-state index in [-0.39, 0.29) is 22.0 Å². The number of anilines is 1. The van der Waals surface area contributed by atoms with Crippen LogP contribution in [0, 0.1) is 11.7 Å². The summed E-state index contributed by atoms with van der Waals surface area (Å²) in [6.07, 6.45) is 2.57.